The maximum absolute atomic E-state index is 12.7. The number of nitrogens with one attached hydrogen (secondary N) is 1. The predicted molar refractivity (Wildman–Crippen MR) is 115 cm³/mol. The first-order valence-corrected chi connectivity index (χ1v) is 10.7. The van der Waals surface area contributed by atoms with E-state index in [1.807, 2.05) is 0 Å². The maximum atomic E-state index is 12.7. The molecule has 3 aromatic rings. The van der Waals surface area contributed by atoms with E-state index in [9.17, 15) is 14.9 Å². The number of nitrogens with zero attached hydrogens (tertiary/aromatic N) is 3. The molecule has 0 aliphatic heterocycles. The minimum absolute atomic E-state index is 0.223. The van der Waals surface area contributed by atoms with E-state index in [1.54, 1.807) is 0 Å². The summed E-state index contributed by atoms with van der Waals surface area (Å²) in [5.74, 6) is -0.394. The van der Waals surface area contributed by atoms with E-state index < -0.39 is 11.5 Å². The summed E-state index contributed by atoms with van der Waals surface area (Å²) in [6, 6.07) is 5.23. The van der Waals surface area contributed by atoms with E-state index in [0.717, 1.165) is 37.7 Å². The number of benzene rings is 1. The fraction of sp³-hybridized carbons (Fsp3) is 0.300. The van der Waals surface area contributed by atoms with Crippen molar-refractivity contribution in [3.8, 4) is 6.07 Å². The van der Waals surface area contributed by atoms with Crippen LogP contribution in [0.3, 0.4) is 0 Å². The molecule has 0 fully saturated rings. The number of fused-ring (bicyclic) bond motifs is 2. The summed E-state index contributed by atoms with van der Waals surface area (Å²) < 4.78 is 1.20. The molecule has 0 saturated carbocycles. The van der Waals surface area contributed by atoms with E-state index in [0.29, 0.717) is 21.1 Å². The Bertz CT molecular complexity index is 1230. The first kappa shape index (κ1) is 19.9. The van der Waals surface area contributed by atoms with Crippen LogP contribution in [0.2, 0.25) is 10.0 Å². The number of thiophene rings is 1. The Hall–Kier alpha value is -2.40. The minimum atomic E-state index is -0.406. The lowest BCUT2D eigenvalue weighted by Crippen LogP contribution is -2.28. The molecule has 1 amide bonds. The van der Waals surface area contributed by atoms with Crippen molar-refractivity contribution >= 4 is 56.3 Å². The van der Waals surface area contributed by atoms with Gasteiger partial charge in [0.2, 0.25) is 5.91 Å². The van der Waals surface area contributed by atoms with Crippen LogP contribution in [0.25, 0.3) is 10.9 Å². The van der Waals surface area contributed by atoms with Crippen LogP contribution in [0, 0.1) is 11.3 Å². The Kier molecular flexibility index (Phi) is 5.59. The number of nitriles is 1. The number of amides is 1. The highest BCUT2D eigenvalue weighted by Gasteiger charge is 2.21. The molecule has 0 atom stereocenters. The van der Waals surface area contributed by atoms with Crippen molar-refractivity contribution in [3.05, 3.63) is 54.9 Å². The Balaban J connectivity index is 1.61. The van der Waals surface area contributed by atoms with Gasteiger partial charge in [0.25, 0.3) is 5.56 Å². The summed E-state index contributed by atoms with van der Waals surface area (Å²) in [6.45, 7) is -0.223. The number of halogens is 2. The number of aromatic nitrogens is 2. The molecule has 1 aliphatic carbocycles. The van der Waals surface area contributed by atoms with Crippen molar-refractivity contribution in [1.82, 2.24) is 9.55 Å². The molecule has 1 N–H and O–H groups in total. The van der Waals surface area contributed by atoms with E-state index in [4.69, 9.17) is 23.2 Å². The second-order valence-corrected chi connectivity index (χ2v) is 8.84. The third-order valence-electron chi connectivity index (χ3n) is 4.95. The fourth-order valence-corrected chi connectivity index (χ4v) is 5.38. The Morgan fingerprint density at radius 2 is 2.07 bits per heavy atom. The molecule has 148 valence electrons. The van der Waals surface area contributed by atoms with Gasteiger partial charge in [0.15, 0.2) is 0 Å². The number of carbonyl (C=O) groups excluding carboxylic acids is 1. The normalized spacial score (nSPS) is 13.6. The molecule has 2 heterocycles. The summed E-state index contributed by atoms with van der Waals surface area (Å²) in [4.78, 5) is 30.7. The molecule has 0 saturated heterocycles. The predicted octanol–water partition coefficient (Wildman–Crippen LogP) is 4.54. The zero-order valence-corrected chi connectivity index (χ0v) is 17.6. The summed E-state index contributed by atoms with van der Waals surface area (Å²) >= 11 is 13.5. The number of rotatable bonds is 3. The van der Waals surface area contributed by atoms with E-state index in [2.05, 4.69) is 16.4 Å². The maximum Gasteiger partial charge on any atom is 0.261 e. The quantitative estimate of drug-likeness (QED) is 0.597. The topological polar surface area (TPSA) is 87.8 Å². The van der Waals surface area contributed by atoms with Crippen molar-refractivity contribution < 1.29 is 4.79 Å². The van der Waals surface area contributed by atoms with Crippen LogP contribution in [0.15, 0.2) is 23.3 Å². The monoisotopic (exact) mass is 446 g/mol. The molecule has 1 aliphatic rings. The van der Waals surface area contributed by atoms with Crippen LogP contribution in [-0.2, 0) is 24.2 Å². The Morgan fingerprint density at radius 1 is 1.28 bits per heavy atom. The lowest BCUT2D eigenvalue weighted by Gasteiger charge is -2.08. The van der Waals surface area contributed by atoms with Crippen molar-refractivity contribution in [1.29, 1.82) is 5.26 Å². The third-order valence-corrected chi connectivity index (χ3v) is 6.66. The van der Waals surface area contributed by atoms with Gasteiger partial charge in [-0.1, -0.05) is 29.6 Å². The summed E-state index contributed by atoms with van der Waals surface area (Å²) in [5, 5.41) is 13.8. The molecule has 0 unspecified atom stereocenters. The highest BCUT2D eigenvalue weighted by molar-refractivity contribution is 7.16. The molecular formula is C20H16Cl2N4O2S. The molecule has 0 spiro atoms. The number of hydrogen-bond donors (Lipinski definition) is 1. The molecule has 6 nitrogen and oxygen atoms in total. The van der Waals surface area contributed by atoms with Gasteiger partial charge >= 0.3 is 0 Å². The molecule has 0 bridgehead atoms. The Morgan fingerprint density at radius 3 is 2.86 bits per heavy atom. The molecule has 1 aromatic carbocycles. The lowest BCUT2D eigenvalue weighted by molar-refractivity contribution is -0.116. The number of anilines is 1. The van der Waals surface area contributed by atoms with Gasteiger partial charge in [-0.15, -0.1) is 11.3 Å². The van der Waals surface area contributed by atoms with Crippen LogP contribution in [0.5, 0.6) is 0 Å². The zero-order valence-electron chi connectivity index (χ0n) is 15.3. The second kappa shape index (κ2) is 8.15. The molecular weight excluding hydrogens is 431 g/mol. The van der Waals surface area contributed by atoms with Crippen LogP contribution >= 0.6 is 34.5 Å². The molecule has 0 radical (unpaired) electrons. The number of hydrogen-bond acceptors (Lipinski definition) is 5. The van der Waals surface area contributed by atoms with Gasteiger partial charge in [-0.2, -0.15) is 5.26 Å². The molecule has 29 heavy (non-hydrogen) atoms. The van der Waals surface area contributed by atoms with Crippen molar-refractivity contribution in [2.45, 2.75) is 38.6 Å². The summed E-state index contributed by atoms with van der Waals surface area (Å²) in [5.41, 5.74) is 1.53. The van der Waals surface area contributed by atoms with Gasteiger partial charge < -0.3 is 5.32 Å². The highest BCUT2D eigenvalue weighted by Crippen LogP contribution is 2.37. The summed E-state index contributed by atoms with van der Waals surface area (Å²) in [7, 11) is 0. The van der Waals surface area contributed by atoms with E-state index in [-0.39, 0.29) is 17.0 Å². The second-order valence-electron chi connectivity index (χ2n) is 6.89. The smallest absolute Gasteiger partial charge is 0.261 e. The van der Waals surface area contributed by atoms with Gasteiger partial charge in [0.1, 0.15) is 17.6 Å². The van der Waals surface area contributed by atoms with Crippen LogP contribution < -0.4 is 10.9 Å². The fourth-order valence-electron chi connectivity index (χ4n) is 3.58. The highest BCUT2D eigenvalue weighted by atomic mass is 35.5. The lowest BCUT2D eigenvalue weighted by atomic mass is 10.1. The third kappa shape index (κ3) is 3.88. The average molecular weight is 447 g/mol. The molecule has 4 rings (SSSR count). The first-order valence-electron chi connectivity index (χ1n) is 9.16. The Labute approximate surface area is 180 Å². The first-order chi connectivity index (χ1) is 14.0. The zero-order chi connectivity index (χ0) is 20.5. The van der Waals surface area contributed by atoms with E-state index in [1.165, 1.54) is 39.2 Å². The average Bonchev–Trinajstić information content (AvgIpc) is 2.83. The largest absolute Gasteiger partial charge is 0.315 e. The van der Waals surface area contributed by atoms with Gasteiger partial charge in [-0.3, -0.25) is 14.2 Å². The van der Waals surface area contributed by atoms with Crippen molar-refractivity contribution in [2.24, 2.45) is 0 Å². The van der Waals surface area contributed by atoms with Crippen LogP contribution in [0.4, 0.5) is 5.00 Å². The van der Waals surface area contributed by atoms with Gasteiger partial charge in [-0.25, -0.2) is 4.98 Å². The van der Waals surface area contributed by atoms with Gasteiger partial charge in [0.05, 0.1) is 27.8 Å². The minimum Gasteiger partial charge on any atom is -0.315 e. The molecule has 2 aromatic heterocycles. The number of carbonyl (C=O) groups is 1. The van der Waals surface area contributed by atoms with Crippen LogP contribution in [-0.4, -0.2) is 15.5 Å². The van der Waals surface area contributed by atoms with Crippen molar-refractivity contribution in [2.75, 3.05) is 5.32 Å². The standard InChI is InChI=1S/C20H16Cl2N4O2S/c21-11-6-13-18(15(22)7-11)24-10-26(20(13)28)9-17(27)25-19-14(8-23)12-4-2-1-3-5-16(12)29-19/h6-7,10H,1-5,9H2,(H,25,27). The van der Waals surface area contributed by atoms with E-state index >= 15 is 0 Å². The molecule has 9 heteroatoms. The SMILES string of the molecule is N#Cc1c(NC(=O)Cn2cnc3c(Cl)cc(Cl)cc3c2=O)sc2c1CCCCC2. The number of aryl methyl sites for hydroxylation is 1. The van der Waals surface area contributed by atoms with Crippen LogP contribution in [0.1, 0.15) is 35.3 Å². The summed E-state index contributed by atoms with van der Waals surface area (Å²) in [6.07, 6.45) is 6.38. The van der Waals surface area contributed by atoms with Gasteiger partial charge in [0, 0.05) is 9.90 Å². The van der Waals surface area contributed by atoms with Crippen molar-refractivity contribution in [3.63, 3.8) is 0 Å². The van der Waals surface area contributed by atoms with Gasteiger partial charge in [-0.05, 0) is 43.4 Å².